The summed E-state index contributed by atoms with van der Waals surface area (Å²) < 4.78 is 4.53. The summed E-state index contributed by atoms with van der Waals surface area (Å²) in [6, 6.07) is 6.32. The molecule has 2 aromatic heterocycles. The number of rotatable bonds is 2. The van der Waals surface area contributed by atoms with Crippen molar-refractivity contribution in [3.63, 3.8) is 0 Å². The molecule has 0 unspecified atom stereocenters. The number of fused-ring (bicyclic) bond motifs is 1. The van der Waals surface area contributed by atoms with Crippen molar-refractivity contribution in [3.05, 3.63) is 36.3 Å². The first-order valence-electron chi connectivity index (χ1n) is 4.85. The number of aryl methyl sites for hydroxylation is 2. The third kappa shape index (κ3) is 1.22. The van der Waals surface area contributed by atoms with E-state index in [0.717, 1.165) is 13.0 Å². The van der Waals surface area contributed by atoms with E-state index in [2.05, 4.69) is 53.4 Å². The summed E-state index contributed by atoms with van der Waals surface area (Å²) in [7, 11) is 0. The summed E-state index contributed by atoms with van der Waals surface area (Å²) >= 11 is 0. The largest absolute Gasteiger partial charge is 0.286 e. The van der Waals surface area contributed by atoms with Crippen LogP contribution >= 0.6 is 0 Å². The van der Waals surface area contributed by atoms with Crippen molar-refractivity contribution in [2.45, 2.75) is 26.8 Å². The van der Waals surface area contributed by atoms with Gasteiger partial charge in [0.15, 0.2) is 0 Å². The van der Waals surface area contributed by atoms with Gasteiger partial charge in [-0.25, -0.2) is 8.97 Å². The van der Waals surface area contributed by atoms with Gasteiger partial charge >= 0.3 is 0 Å². The molecule has 13 heavy (non-hydrogen) atoms. The molecule has 0 bridgehead atoms. The topological polar surface area (TPSA) is 8.29 Å². The standard InChI is InChI=1S/C11H15N2/c1-3-10-9-12(4-2)11-7-5-6-8-13(10)11/h5-9H,3-4H2,1-2H3/q+1. The van der Waals surface area contributed by atoms with Crippen LogP contribution in [0.25, 0.3) is 5.65 Å². The first-order valence-corrected chi connectivity index (χ1v) is 4.85. The molecule has 0 spiro atoms. The molecule has 0 aliphatic rings. The predicted octanol–water partition coefficient (Wildman–Crippen LogP) is 1.81. The van der Waals surface area contributed by atoms with Crippen LogP contribution in [0.3, 0.4) is 0 Å². The lowest BCUT2D eigenvalue weighted by Crippen LogP contribution is -2.30. The molecule has 68 valence electrons. The minimum absolute atomic E-state index is 1.04. The lowest BCUT2D eigenvalue weighted by molar-refractivity contribution is -0.667. The SMILES string of the molecule is CCc1c[n+](CC)c2ccccn12. The molecule has 2 nitrogen and oxygen atoms in total. The highest BCUT2D eigenvalue weighted by Crippen LogP contribution is 2.04. The van der Waals surface area contributed by atoms with Gasteiger partial charge in [0.05, 0.1) is 12.7 Å². The number of hydrogen-bond acceptors (Lipinski definition) is 0. The summed E-state index contributed by atoms with van der Waals surface area (Å²) in [5.41, 5.74) is 2.65. The smallest absolute Gasteiger partial charge is 0.230 e. The summed E-state index contributed by atoms with van der Waals surface area (Å²) in [6.45, 7) is 5.40. The Morgan fingerprint density at radius 1 is 1.31 bits per heavy atom. The Morgan fingerprint density at radius 2 is 2.15 bits per heavy atom. The monoisotopic (exact) mass is 175 g/mol. The van der Waals surface area contributed by atoms with Crippen LogP contribution in [-0.4, -0.2) is 4.40 Å². The fourth-order valence-electron chi connectivity index (χ4n) is 1.73. The minimum atomic E-state index is 1.04. The Morgan fingerprint density at radius 3 is 2.85 bits per heavy atom. The van der Waals surface area contributed by atoms with Gasteiger partial charge in [0.1, 0.15) is 11.9 Å². The molecule has 2 rings (SSSR count). The number of hydrogen-bond donors (Lipinski definition) is 0. The average molecular weight is 175 g/mol. The van der Waals surface area contributed by atoms with Crippen LogP contribution in [0.15, 0.2) is 30.6 Å². The highest BCUT2D eigenvalue weighted by Gasteiger charge is 2.12. The number of imidazole rings is 1. The van der Waals surface area contributed by atoms with Crippen LogP contribution in [0, 0.1) is 0 Å². The third-order valence-corrected chi connectivity index (χ3v) is 2.45. The zero-order chi connectivity index (χ0) is 9.26. The fraction of sp³-hybridized carbons (Fsp3) is 0.364. The Kier molecular flexibility index (Phi) is 2.05. The molecule has 0 radical (unpaired) electrons. The minimum Gasteiger partial charge on any atom is -0.230 e. The molecule has 0 fully saturated rings. The Labute approximate surface area is 78.4 Å². The van der Waals surface area contributed by atoms with Gasteiger partial charge < -0.3 is 0 Å². The molecule has 0 N–H and O–H groups in total. The molecule has 0 aliphatic carbocycles. The molecular weight excluding hydrogens is 160 g/mol. The molecule has 0 aromatic carbocycles. The maximum Gasteiger partial charge on any atom is 0.286 e. The zero-order valence-electron chi connectivity index (χ0n) is 8.20. The van der Waals surface area contributed by atoms with Gasteiger partial charge in [0, 0.05) is 12.5 Å². The van der Waals surface area contributed by atoms with Crippen LogP contribution in [0.2, 0.25) is 0 Å². The maximum absolute atomic E-state index is 2.28. The highest BCUT2D eigenvalue weighted by molar-refractivity contribution is 5.33. The molecule has 0 amide bonds. The van der Waals surface area contributed by atoms with E-state index in [1.165, 1.54) is 11.3 Å². The van der Waals surface area contributed by atoms with Crippen molar-refractivity contribution in [1.82, 2.24) is 4.40 Å². The van der Waals surface area contributed by atoms with Gasteiger partial charge in [-0.1, -0.05) is 13.0 Å². The normalized spacial score (nSPS) is 10.9. The predicted molar refractivity (Wildman–Crippen MR) is 52.6 cm³/mol. The number of aromatic nitrogens is 2. The van der Waals surface area contributed by atoms with Crippen LogP contribution in [0.5, 0.6) is 0 Å². The van der Waals surface area contributed by atoms with Crippen molar-refractivity contribution < 1.29 is 4.57 Å². The lowest BCUT2D eigenvalue weighted by Gasteiger charge is -1.89. The summed E-state index contributed by atoms with van der Waals surface area (Å²) in [5.74, 6) is 0. The molecule has 0 atom stereocenters. The van der Waals surface area contributed by atoms with Crippen LogP contribution < -0.4 is 4.57 Å². The second kappa shape index (κ2) is 3.21. The molecule has 0 saturated carbocycles. The Bertz CT molecular complexity index is 377. The first kappa shape index (κ1) is 8.30. The van der Waals surface area contributed by atoms with E-state index in [9.17, 15) is 0 Å². The van der Waals surface area contributed by atoms with Crippen molar-refractivity contribution in [2.75, 3.05) is 0 Å². The zero-order valence-corrected chi connectivity index (χ0v) is 8.20. The van der Waals surface area contributed by atoms with Gasteiger partial charge in [-0.2, -0.15) is 0 Å². The van der Waals surface area contributed by atoms with Crippen LogP contribution in [0.4, 0.5) is 0 Å². The summed E-state index contributed by atoms with van der Waals surface area (Å²) in [6.07, 6.45) is 5.44. The van der Waals surface area contributed by atoms with E-state index in [0.29, 0.717) is 0 Å². The van der Waals surface area contributed by atoms with Gasteiger partial charge in [-0.3, -0.25) is 0 Å². The molecular formula is C11H15N2+. The van der Waals surface area contributed by atoms with Crippen molar-refractivity contribution in [2.24, 2.45) is 0 Å². The Hall–Kier alpha value is -1.31. The number of pyridine rings is 1. The first-order chi connectivity index (χ1) is 6.36. The van der Waals surface area contributed by atoms with E-state index >= 15 is 0 Å². The van der Waals surface area contributed by atoms with E-state index in [-0.39, 0.29) is 0 Å². The van der Waals surface area contributed by atoms with Gasteiger partial charge in [-0.05, 0) is 13.0 Å². The van der Waals surface area contributed by atoms with Crippen LogP contribution in [0.1, 0.15) is 19.5 Å². The quantitative estimate of drug-likeness (QED) is 0.615. The lowest BCUT2D eigenvalue weighted by atomic mass is 10.3. The second-order valence-electron chi connectivity index (χ2n) is 3.19. The highest BCUT2D eigenvalue weighted by atomic mass is 15.1. The Balaban J connectivity index is 2.74. The molecule has 2 heterocycles. The average Bonchev–Trinajstić information content (AvgIpc) is 2.56. The van der Waals surface area contributed by atoms with E-state index in [1.807, 2.05) is 0 Å². The van der Waals surface area contributed by atoms with Gasteiger partial charge in [0.2, 0.25) is 0 Å². The summed E-state index contributed by atoms with van der Waals surface area (Å²) in [5, 5.41) is 0. The number of nitrogens with zero attached hydrogens (tertiary/aromatic N) is 2. The van der Waals surface area contributed by atoms with Crippen molar-refractivity contribution in [3.8, 4) is 0 Å². The van der Waals surface area contributed by atoms with Crippen molar-refractivity contribution >= 4 is 5.65 Å². The van der Waals surface area contributed by atoms with Gasteiger partial charge in [0.25, 0.3) is 5.65 Å². The second-order valence-corrected chi connectivity index (χ2v) is 3.19. The van der Waals surface area contributed by atoms with Crippen molar-refractivity contribution in [1.29, 1.82) is 0 Å². The van der Waals surface area contributed by atoms with E-state index in [1.54, 1.807) is 0 Å². The molecule has 0 aliphatic heterocycles. The fourth-order valence-corrected chi connectivity index (χ4v) is 1.73. The van der Waals surface area contributed by atoms with E-state index in [4.69, 9.17) is 0 Å². The van der Waals surface area contributed by atoms with Gasteiger partial charge in [-0.15, -0.1) is 0 Å². The third-order valence-electron chi connectivity index (χ3n) is 2.45. The summed E-state index contributed by atoms with van der Waals surface area (Å²) in [4.78, 5) is 0. The maximum atomic E-state index is 2.28. The molecule has 0 saturated heterocycles. The molecule has 2 aromatic rings. The molecule has 2 heteroatoms. The van der Waals surface area contributed by atoms with E-state index < -0.39 is 0 Å². The van der Waals surface area contributed by atoms with Crippen LogP contribution in [-0.2, 0) is 13.0 Å².